The molecular formula is C24H52O3. The molecule has 2 atom stereocenters. The molecule has 0 aliphatic carbocycles. The second-order valence-corrected chi connectivity index (χ2v) is 9.73. The zero-order valence-electron chi connectivity index (χ0n) is 20.1. The minimum Gasteiger partial charge on any atom is -0.391 e. The Morgan fingerprint density at radius 2 is 1.07 bits per heavy atom. The molecule has 0 saturated heterocycles. The number of rotatable bonds is 15. The number of aliphatic hydroxyl groups excluding tert-OH is 1. The maximum Gasteiger partial charge on any atom is 0.0776 e. The Morgan fingerprint density at radius 1 is 0.630 bits per heavy atom. The fourth-order valence-electron chi connectivity index (χ4n) is 2.48. The van der Waals surface area contributed by atoms with Gasteiger partial charge in [-0.25, -0.2) is 0 Å². The van der Waals surface area contributed by atoms with Gasteiger partial charge in [0.05, 0.1) is 12.7 Å². The van der Waals surface area contributed by atoms with Gasteiger partial charge in [-0.05, 0) is 61.7 Å². The van der Waals surface area contributed by atoms with Gasteiger partial charge >= 0.3 is 0 Å². The summed E-state index contributed by atoms with van der Waals surface area (Å²) in [5.74, 6) is 3.54. The molecule has 3 nitrogen and oxygen atoms in total. The first-order valence-corrected chi connectivity index (χ1v) is 11.4. The number of aliphatic hydroxyl groups is 1. The Labute approximate surface area is 171 Å². The molecule has 0 aromatic heterocycles. The van der Waals surface area contributed by atoms with Crippen LogP contribution in [0.15, 0.2) is 0 Å². The molecule has 2 unspecified atom stereocenters. The summed E-state index contributed by atoms with van der Waals surface area (Å²) in [7, 11) is 0. The summed E-state index contributed by atoms with van der Waals surface area (Å²) in [6.07, 6.45) is 5.36. The summed E-state index contributed by atoms with van der Waals surface area (Å²) in [4.78, 5) is 0. The van der Waals surface area contributed by atoms with Gasteiger partial charge in [-0.2, -0.15) is 0 Å². The fourth-order valence-corrected chi connectivity index (χ4v) is 2.48. The van der Waals surface area contributed by atoms with Crippen LogP contribution in [-0.4, -0.2) is 37.6 Å². The summed E-state index contributed by atoms with van der Waals surface area (Å²) in [6, 6.07) is 0. The van der Waals surface area contributed by atoms with Gasteiger partial charge in [0.25, 0.3) is 0 Å². The van der Waals surface area contributed by atoms with E-state index in [1.165, 1.54) is 19.3 Å². The Morgan fingerprint density at radius 3 is 1.44 bits per heavy atom. The minimum atomic E-state index is -0.283. The molecule has 0 aliphatic rings. The smallest absolute Gasteiger partial charge is 0.0776 e. The third kappa shape index (κ3) is 25.9. The zero-order chi connectivity index (χ0) is 21.2. The van der Waals surface area contributed by atoms with Crippen LogP contribution in [0.1, 0.15) is 94.4 Å². The van der Waals surface area contributed by atoms with Crippen molar-refractivity contribution >= 4 is 0 Å². The Kier molecular flexibility index (Phi) is 20.7. The van der Waals surface area contributed by atoms with Crippen LogP contribution in [0, 0.1) is 29.6 Å². The lowest BCUT2D eigenvalue weighted by molar-refractivity contribution is 0.0245. The maximum absolute atomic E-state index is 9.50. The highest BCUT2D eigenvalue weighted by atomic mass is 16.5. The summed E-state index contributed by atoms with van der Waals surface area (Å²) in [5.41, 5.74) is 0. The molecule has 0 heterocycles. The highest BCUT2D eigenvalue weighted by molar-refractivity contribution is 4.57. The van der Waals surface area contributed by atoms with Crippen molar-refractivity contribution in [3.05, 3.63) is 0 Å². The second-order valence-electron chi connectivity index (χ2n) is 9.73. The lowest BCUT2D eigenvalue weighted by atomic mass is 9.99. The molecule has 1 N–H and O–H groups in total. The average molecular weight is 389 g/mol. The van der Waals surface area contributed by atoms with Gasteiger partial charge in [0.1, 0.15) is 0 Å². The van der Waals surface area contributed by atoms with Gasteiger partial charge in [0.15, 0.2) is 0 Å². The van der Waals surface area contributed by atoms with Gasteiger partial charge in [-0.3, -0.25) is 0 Å². The molecule has 0 rings (SSSR count). The van der Waals surface area contributed by atoms with E-state index in [9.17, 15) is 5.11 Å². The number of hydrogen-bond acceptors (Lipinski definition) is 3. The molecule has 0 aliphatic heterocycles. The van der Waals surface area contributed by atoms with E-state index in [1.807, 2.05) is 0 Å². The van der Waals surface area contributed by atoms with Crippen LogP contribution in [0.5, 0.6) is 0 Å². The van der Waals surface area contributed by atoms with Crippen molar-refractivity contribution in [2.45, 2.75) is 101 Å². The Hall–Kier alpha value is -0.120. The normalized spacial score (nSPS) is 14.0. The first-order valence-electron chi connectivity index (χ1n) is 11.4. The SMILES string of the molecule is CC(C)CCCOCC(C)C(C)C.CC(C)CCCOCC(O)CC(C)C. The average Bonchev–Trinajstić information content (AvgIpc) is 2.53. The predicted molar refractivity (Wildman–Crippen MR) is 119 cm³/mol. The number of hydrogen-bond donors (Lipinski definition) is 1. The molecule has 0 aromatic rings. The largest absolute Gasteiger partial charge is 0.391 e. The van der Waals surface area contributed by atoms with Crippen LogP contribution in [0.4, 0.5) is 0 Å². The van der Waals surface area contributed by atoms with Crippen molar-refractivity contribution in [2.75, 3.05) is 26.4 Å². The molecule has 0 amide bonds. The van der Waals surface area contributed by atoms with E-state index in [0.717, 1.165) is 50.4 Å². The summed E-state index contributed by atoms with van der Waals surface area (Å²) in [6.45, 7) is 23.1. The van der Waals surface area contributed by atoms with Gasteiger partial charge in [0.2, 0.25) is 0 Å². The van der Waals surface area contributed by atoms with E-state index >= 15 is 0 Å². The molecular weight excluding hydrogens is 336 g/mol. The van der Waals surface area contributed by atoms with Crippen molar-refractivity contribution in [1.29, 1.82) is 0 Å². The van der Waals surface area contributed by atoms with Crippen LogP contribution in [0.3, 0.4) is 0 Å². The summed E-state index contributed by atoms with van der Waals surface area (Å²) < 4.78 is 11.0. The van der Waals surface area contributed by atoms with E-state index in [1.54, 1.807) is 0 Å². The highest BCUT2D eigenvalue weighted by Gasteiger charge is 2.07. The predicted octanol–water partition coefficient (Wildman–Crippen LogP) is 6.58. The van der Waals surface area contributed by atoms with Crippen LogP contribution >= 0.6 is 0 Å². The van der Waals surface area contributed by atoms with E-state index in [4.69, 9.17) is 9.47 Å². The monoisotopic (exact) mass is 388 g/mol. The van der Waals surface area contributed by atoms with Crippen LogP contribution in [0.2, 0.25) is 0 Å². The van der Waals surface area contributed by atoms with Crippen molar-refractivity contribution in [1.82, 2.24) is 0 Å². The third-order valence-electron chi connectivity index (χ3n) is 4.71. The quantitative estimate of drug-likeness (QED) is 0.322. The van der Waals surface area contributed by atoms with Crippen LogP contribution in [-0.2, 0) is 9.47 Å². The standard InChI is InChI=1S/C12H26O2.C12H26O/c1-10(2)6-5-7-14-9-12(13)8-11(3)4;1-10(2)7-6-8-13-9-12(5)11(3)4/h10-13H,5-9H2,1-4H3;10-12H,6-9H2,1-5H3. The molecule has 0 spiro atoms. The van der Waals surface area contributed by atoms with Crippen molar-refractivity contribution < 1.29 is 14.6 Å². The summed E-state index contributed by atoms with van der Waals surface area (Å²) >= 11 is 0. The van der Waals surface area contributed by atoms with E-state index in [0.29, 0.717) is 18.4 Å². The Bertz CT molecular complexity index is 287. The van der Waals surface area contributed by atoms with Crippen LogP contribution < -0.4 is 0 Å². The molecule has 27 heavy (non-hydrogen) atoms. The topological polar surface area (TPSA) is 38.7 Å². The zero-order valence-corrected chi connectivity index (χ0v) is 20.1. The molecule has 0 saturated carbocycles. The van der Waals surface area contributed by atoms with Gasteiger partial charge in [0, 0.05) is 19.8 Å². The number of ether oxygens (including phenoxy) is 2. The molecule has 3 heteroatoms. The van der Waals surface area contributed by atoms with E-state index in [2.05, 4.69) is 62.3 Å². The summed E-state index contributed by atoms with van der Waals surface area (Å²) in [5, 5.41) is 9.50. The first kappa shape index (κ1) is 29.1. The molecule has 0 fully saturated rings. The van der Waals surface area contributed by atoms with Crippen molar-refractivity contribution in [3.63, 3.8) is 0 Å². The molecule has 0 bridgehead atoms. The van der Waals surface area contributed by atoms with Gasteiger partial charge in [-0.1, -0.05) is 62.3 Å². The van der Waals surface area contributed by atoms with E-state index < -0.39 is 0 Å². The lowest BCUT2D eigenvalue weighted by Crippen LogP contribution is -2.18. The highest BCUT2D eigenvalue weighted by Crippen LogP contribution is 2.10. The van der Waals surface area contributed by atoms with Crippen molar-refractivity contribution in [2.24, 2.45) is 29.6 Å². The van der Waals surface area contributed by atoms with Gasteiger partial charge < -0.3 is 14.6 Å². The third-order valence-corrected chi connectivity index (χ3v) is 4.71. The second kappa shape index (κ2) is 19.2. The molecule has 0 aromatic carbocycles. The van der Waals surface area contributed by atoms with Crippen LogP contribution in [0.25, 0.3) is 0 Å². The maximum atomic E-state index is 9.50. The minimum absolute atomic E-state index is 0.283. The van der Waals surface area contributed by atoms with Crippen molar-refractivity contribution in [3.8, 4) is 0 Å². The molecule has 166 valence electrons. The lowest BCUT2D eigenvalue weighted by Gasteiger charge is -2.15. The fraction of sp³-hybridized carbons (Fsp3) is 1.00. The Balaban J connectivity index is 0. The first-order chi connectivity index (χ1) is 12.6. The van der Waals surface area contributed by atoms with E-state index in [-0.39, 0.29) is 6.10 Å². The molecule has 0 radical (unpaired) electrons. The van der Waals surface area contributed by atoms with Gasteiger partial charge in [-0.15, -0.1) is 0 Å².